The molecule has 7 heteroatoms. The van der Waals surface area contributed by atoms with E-state index in [-0.39, 0.29) is 12.3 Å². The maximum absolute atomic E-state index is 12.6. The topological polar surface area (TPSA) is 88.5 Å². The number of benzene rings is 3. The Hall–Kier alpha value is -3.97. The van der Waals surface area contributed by atoms with Crippen LogP contribution in [0.25, 0.3) is 21.9 Å². The molecule has 0 radical (unpaired) electrons. The van der Waals surface area contributed by atoms with Gasteiger partial charge < -0.3 is 15.2 Å². The molecule has 1 heterocycles. The van der Waals surface area contributed by atoms with Crippen LogP contribution in [0.3, 0.4) is 0 Å². The third kappa shape index (κ3) is 5.01. The molecule has 3 aromatic carbocycles. The van der Waals surface area contributed by atoms with Gasteiger partial charge in [0.15, 0.2) is 0 Å². The number of carbonyl (C=O) groups excluding carboxylic acids is 1. The predicted molar refractivity (Wildman–Crippen MR) is 127 cm³/mol. The van der Waals surface area contributed by atoms with Crippen molar-refractivity contribution < 1.29 is 19.4 Å². The summed E-state index contributed by atoms with van der Waals surface area (Å²) >= 11 is 1.46. The van der Waals surface area contributed by atoms with Crippen LogP contribution in [0.5, 0.6) is 5.75 Å². The fraction of sp³-hybridized carbons (Fsp3) is 0.0800. The number of anilines is 1. The molecule has 0 atom stereocenters. The van der Waals surface area contributed by atoms with Gasteiger partial charge >= 0.3 is 5.97 Å². The van der Waals surface area contributed by atoms with Gasteiger partial charge in [-0.25, -0.2) is 4.98 Å². The fourth-order valence-electron chi connectivity index (χ4n) is 3.21. The Morgan fingerprint density at radius 1 is 1.06 bits per heavy atom. The molecule has 2 N–H and O–H groups in total. The van der Waals surface area contributed by atoms with Gasteiger partial charge in [0.25, 0.3) is 5.91 Å². The Bertz CT molecular complexity index is 1280. The van der Waals surface area contributed by atoms with Crippen LogP contribution in [0.4, 0.5) is 5.69 Å². The van der Waals surface area contributed by atoms with Crippen LogP contribution in [0, 0.1) is 0 Å². The van der Waals surface area contributed by atoms with Gasteiger partial charge in [-0.05, 0) is 65.7 Å². The van der Waals surface area contributed by atoms with E-state index >= 15 is 0 Å². The Kier molecular flexibility index (Phi) is 6.28. The summed E-state index contributed by atoms with van der Waals surface area (Å²) in [4.78, 5) is 28.6. The first-order valence-electron chi connectivity index (χ1n) is 9.85. The maximum atomic E-state index is 12.6. The van der Waals surface area contributed by atoms with Crippen molar-refractivity contribution in [2.75, 3.05) is 12.4 Å². The quantitative estimate of drug-likeness (QED) is 0.389. The molecule has 1 aromatic heterocycles. The predicted octanol–water partition coefficient (Wildman–Crippen LogP) is 5.57. The first-order valence-corrected chi connectivity index (χ1v) is 10.7. The van der Waals surface area contributed by atoms with Gasteiger partial charge in [-0.15, -0.1) is 11.3 Å². The highest BCUT2D eigenvalue weighted by atomic mass is 32.1. The number of fused-ring (bicyclic) bond motifs is 1. The minimum Gasteiger partial charge on any atom is -0.497 e. The second-order valence-electron chi connectivity index (χ2n) is 7.03. The summed E-state index contributed by atoms with van der Waals surface area (Å²) in [5, 5.41) is 12.9. The number of aromatic nitrogens is 1. The third-order valence-corrected chi connectivity index (χ3v) is 5.86. The fourth-order valence-corrected chi connectivity index (χ4v) is 4.19. The number of carboxylic acid groups (broad SMARTS) is 1. The van der Waals surface area contributed by atoms with E-state index in [1.807, 2.05) is 36.4 Å². The molecular weight excluding hydrogens is 424 g/mol. The molecule has 0 unspecified atom stereocenters. The van der Waals surface area contributed by atoms with Crippen LogP contribution in [0.1, 0.15) is 27.3 Å². The van der Waals surface area contributed by atoms with Crippen LogP contribution in [0.15, 0.2) is 72.8 Å². The van der Waals surface area contributed by atoms with Crippen molar-refractivity contribution in [1.82, 2.24) is 4.98 Å². The largest absolute Gasteiger partial charge is 0.497 e. The van der Waals surface area contributed by atoms with Gasteiger partial charge in [-0.1, -0.05) is 24.3 Å². The lowest BCUT2D eigenvalue weighted by Crippen LogP contribution is -2.11. The first kappa shape index (κ1) is 21.3. The van der Waals surface area contributed by atoms with Crippen LogP contribution < -0.4 is 10.1 Å². The van der Waals surface area contributed by atoms with Crippen molar-refractivity contribution in [1.29, 1.82) is 0 Å². The van der Waals surface area contributed by atoms with Gasteiger partial charge in [0.05, 0.1) is 23.7 Å². The normalized spacial score (nSPS) is 11.3. The van der Waals surface area contributed by atoms with E-state index in [1.165, 1.54) is 11.3 Å². The first-order chi connectivity index (χ1) is 15.5. The Morgan fingerprint density at radius 2 is 1.84 bits per heavy atom. The number of aliphatic carboxylic acids is 1. The number of nitrogens with zero attached hydrogens (tertiary/aromatic N) is 1. The Morgan fingerprint density at radius 3 is 2.56 bits per heavy atom. The molecule has 0 saturated heterocycles. The molecule has 0 aliphatic heterocycles. The van der Waals surface area contributed by atoms with Crippen LogP contribution in [0.2, 0.25) is 0 Å². The smallest absolute Gasteiger partial charge is 0.307 e. The van der Waals surface area contributed by atoms with E-state index < -0.39 is 5.97 Å². The molecule has 4 aromatic rings. The van der Waals surface area contributed by atoms with Crippen molar-refractivity contribution in [3.05, 3.63) is 88.9 Å². The van der Waals surface area contributed by atoms with Gasteiger partial charge in [-0.3, -0.25) is 9.59 Å². The zero-order valence-corrected chi connectivity index (χ0v) is 18.1. The summed E-state index contributed by atoms with van der Waals surface area (Å²) in [6.07, 6.45) is 1.65. The molecule has 0 bridgehead atoms. The zero-order valence-electron chi connectivity index (χ0n) is 17.2. The number of hydrogen-bond donors (Lipinski definition) is 2. The second kappa shape index (κ2) is 9.45. The van der Waals surface area contributed by atoms with E-state index in [0.29, 0.717) is 27.6 Å². The summed E-state index contributed by atoms with van der Waals surface area (Å²) in [5.41, 5.74) is 3.33. The number of methoxy groups -OCH3 is 1. The minimum absolute atomic E-state index is 0.151. The number of hydrogen-bond acceptors (Lipinski definition) is 5. The highest BCUT2D eigenvalue weighted by Crippen LogP contribution is 2.30. The van der Waals surface area contributed by atoms with Gasteiger partial charge in [0.1, 0.15) is 10.8 Å². The molecule has 6 nitrogen and oxygen atoms in total. The molecule has 4 rings (SSSR count). The van der Waals surface area contributed by atoms with E-state index in [9.17, 15) is 14.7 Å². The van der Waals surface area contributed by atoms with Crippen molar-refractivity contribution in [3.8, 4) is 5.75 Å². The Balaban J connectivity index is 1.60. The molecule has 0 aliphatic carbocycles. The summed E-state index contributed by atoms with van der Waals surface area (Å²) in [7, 11) is 1.57. The molecule has 0 spiro atoms. The minimum atomic E-state index is -0.931. The number of carbonyl (C=O) groups is 2. The molecule has 32 heavy (non-hydrogen) atoms. The standard InChI is InChI=1S/C25H20N2O4S/c1-31-20-11-9-17(10-12-20)24(30)26-19-6-4-5-16(14-19)13-18(15-23(28)29)25-27-21-7-2-3-8-22(21)32-25/h2-14H,15H2,1H3,(H,26,30)(H,28,29)/b18-13-. The zero-order chi connectivity index (χ0) is 22.5. The number of para-hydroxylation sites is 1. The lowest BCUT2D eigenvalue weighted by molar-refractivity contribution is -0.135. The molecule has 0 saturated carbocycles. The lowest BCUT2D eigenvalue weighted by atomic mass is 10.1. The molecule has 0 fully saturated rings. The van der Waals surface area contributed by atoms with Gasteiger partial charge in [0.2, 0.25) is 0 Å². The van der Waals surface area contributed by atoms with E-state index in [0.717, 1.165) is 15.8 Å². The molecule has 160 valence electrons. The van der Waals surface area contributed by atoms with E-state index in [1.54, 1.807) is 49.6 Å². The van der Waals surface area contributed by atoms with Gasteiger partial charge in [-0.2, -0.15) is 0 Å². The number of thiazole rings is 1. The van der Waals surface area contributed by atoms with Crippen LogP contribution in [-0.2, 0) is 4.79 Å². The number of rotatable bonds is 7. The van der Waals surface area contributed by atoms with Crippen molar-refractivity contribution >= 4 is 50.8 Å². The molecular formula is C25H20N2O4S. The summed E-state index contributed by atoms with van der Waals surface area (Å²) in [5.74, 6) is -0.500. The van der Waals surface area contributed by atoms with Crippen LogP contribution >= 0.6 is 11.3 Å². The maximum Gasteiger partial charge on any atom is 0.307 e. The summed E-state index contributed by atoms with van der Waals surface area (Å²) in [6.45, 7) is 0. The number of nitrogens with one attached hydrogen (secondary N) is 1. The summed E-state index contributed by atoms with van der Waals surface area (Å²) < 4.78 is 6.12. The van der Waals surface area contributed by atoms with E-state index in [2.05, 4.69) is 10.3 Å². The van der Waals surface area contributed by atoms with Crippen molar-refractivity contribution in [2.45, 2.75) is 6.42 Å². The number of carboxylic acids is 1. The third-order valence-electron chi connectivity index (χ3n) is 4.75. The van der Waals surface area contributed by atoms with Crippen LogP contribution in [-0.4, -0.2) is 29.1 Å². The van der Waals surface area contributed by atoms with Crippen molar-refractivity contribution in [3.63, 3.8) is 0 Å². The highest BCUT2D eigenvalue weighted by molar-refractivity contribution is 7.19. The number of ether oxygens (including phenoxy) is 1. The van der Waals surface area contributed by atoms with E-state index in [4.69, 9.17) is 4.74 Å². The van der Waals surface area contributed by atoms with Gasteiger partial charge in [0, 0.05) is 11.3 Å². The average molecular weight is 445 g/mol. The lowest BCUT2D eigenvalue weighted by Gasteiger charge is -2.08. The highest BCUT2D eigenvalue weighted by Gasteiger charge is 2.13. The molecule has 1 amide bonds. The Labute approximate surface area is 188 Å². The SMILES string of the molecule is COc1ccc(C(=O)Nc2cccc(/C=C(/CC(=O)O)c3nc4ccccc4s3)c2)cc1. The number of amides is 1. The molecule has 0 aliphatic rings. The average Bonchev–Trinajstić information content (AvgIpc) is 3.23. The second-order valence-corrected chi connectivity index (χ2v) is 8.07. The van der Waals surface area contributed by atoms with Crippen molar-refractivity contribution in [2.24, 2.45) is 0 Å². The summed E-state index contributed by atoms with van der Waals surface area (Å²) in [6, 6.07) is 21.8. The monoisotopic (exact) mass is 444 g/mol.